The van der Waals surface area contributed by atoms with Gasteiger partial charge in [-0.25, -0.2) is 15.0 Å². The quantitative estimate of drug-likeness (QED) is 0.129. The van der Waals surface area contributed by atoms with Gasteiger partial charge in [-0.05, 0) is 208 Å². The zero-order valence-corrected chi connectivity index (χ0v) is 63.8. The second-order valence-electron chi connectivity index (χ2n) is 31.2. The van der Waals surface area contributed by atoms with E-state index in [1.54, 1.807) is 0 Å². The summed E-state index contributed by atoms with van der Waals surface area (Å²) in [4.78, 5) is 17.3. The zero-order chi connectivity index (χ0) is 76.7. The third-order valence-corrected chi connectivity index (χ3v) is 24.5. The van der Waals surface area contributed by atoms with Crippen molar-refractivity contribution in [3.63, 3.8) is 0 Å². The summed E-state index contributed by atoms with van der Waals surface area (Å²) in [5, 5.41) is 10.3. The van der Waals surface area contributed by atoms with Crippen LogP contribution in [0.1, 0.15) is 25.0 Å². The van der Waals surface area contributed by atoms with Crippen molar-refractivity contribution in [1.29, 1.82) is 0 Å². The minimum absolute atomic E-state index is 0.0808. The minimum Gasteiger partial charge on any atom is -0.310 e. The highest BCUT2D eigenvalue weighted by Crippen LogP contribution is 2.56. The molecule has 24 rings (SSSR count). The Morgan fingerprint density at radius 3 is 0.991 bits per heavy atom. The lowest BCUT2D eigenvalue weighted by molar-refractivity contribution is 0.660. The third kappa shape index (κ3) is 10.5. The van der Waals surface area contributed by atoms with Gasteiger partial charge in [0.25, 0.3) is 0 Å². The van der Waals surface area contributed by atoms with Gasteiger partial charge in [0.15, 0.2) is 17.5 Å². The standard InChI is InChI=1S/C61H42N2.C49H30N4/c1-61(2)54-25-12-11-22-49(54)50-36-35-46(38-55(50)61)62(43-18-7-4-8-19-43)44-31-27-39(28-32-44)40-29-33-45(34-30-40)63-56-26-14-24-52-48-21-10-9-20-47(48)51-23-13-17-42-37-53(41-15-5-3-6-16-41)60(63)59(57(42)51)58(52)56;1-4-14-31(15-5-1)41-30-35-20-12-23-39-37-21-10-11-22-38(37)40-24-13-25-42-44(40)45(43(35)39)46(41)53(42)36-28-26-34(27-29-36)49-51-47(32-16-6-2-7-17-32)50-48(52-49)33-18-8-3-9-19-33/h3-38H,1-2H3;1-30H. The molecule has 542 valence electrons. The number of anilines is 3. The van der Waals surface area contributed by atoms with Crippen LogP contribution in [0.15, 0.2) is 400 Å². The van der Waals surface area contributed by atoms with Gasteiger partial charge in [0.2, 0.25) is 0 Å². The fraction of sp³-hybridized carbons (Fsp3) is 0.0273. The molecular formula is C110H72N6. The summed E-state index contributed by atoms with van der Waals surface area (Å²) < 4.78 is 4.98. The summed E-state index contributed by atoms with van der Waals surface area (Å²) in [7, 11) is 0. The topological polar surface area (TPSA) is 51.8 Å². The van der Waals surface area contributed by atoms with Crippen LogP contribution < -0.4 is 4.90 Å². The Labute approximate surface area is 672 Å². The number of rotatable bonds is 11. The second kappa shape index (κ2) is 26.5. The Balaban J connectivity index is 0.000000139. The van der Waals surface area contributed by atoms with Crippen LogP contribution in [0, 0.1) is 0 Å². The van der Waals surface area contributed by atoms with Crippen molar-refractivity contribution in [2.75, 3.05) is 4.90 Å². The number of para-hydroxylation sites is 1. The molecule has 21 aromatic rings. The van der Waals surface area contributed by atoms with Crippen molar-refractivity contribution in [3.05, 3.63) is 412 Å². The van der Waals surface area contributed by atoms with Crippen molar-refractivity contribution < 1.29 is 0 Å². The van der Waals surface area contributed by atoms with E-state index in [-0.39, 0.29) is 5.41 Å². The molecule has 0 N–H and O–H groups in total. The normalized spacial score (nSPS) is 12.5. The van der Waals surface area contributed by atoms with E-state index in [0.717, 1.165) is 45.1 Å². The van der Waals surface area contributed by atoms with Crippen LogP contribution in [0.3, 0.4) is 0 Å². The fourth-order valence-electron chi connectivity index (χ4n) is 19.2. The van der Waals surface area contributed by atoms with Gasteiger partial charge in [-0.15, -0.1) is 0 Å². The molecule has 3 aliphatic carbocycles. The summed E-state index contributed by atoms with van der Waals surface area (Å²) in [5.41, 5.74) is 36.1. The Hall–Kier alpha value is -15.1. The summed E-state index contributed by atoms with van der Waals surface area (Å²) >= 11 is 0. The minimum atomic E-state index is -0.0808. The lowest BCUT2D eigenvalue weighted by Crippen LogP contribution is -2.16. The lowest BCUT2D eigenvalue weighted by atomic mass is 9.82. The van der Waals surface area contributed by atoms with Gasteiger partial charge in [-0.3, -0.25) is 0 Å². The molecule has 0 spiro atoms. The molecule has 3 aliphatic rings. The summed E-state index contributed by atoms with van der Waals surface area (Å²) in [6.45, 7) is 4.70. The van der Waals surface area contributed by atoms with Crippen LogP contribution in [0.25, 0.3) is 200 Å². The molecule has 3 aromatic heterocycles. The van der Waals surface area contributed by atoms with Gasteiger partial charge in [-0.1, -0.05) is 317 Å². The average molecular weight is 1480 g/mol. The molecule has 0 unspecified atom stereocenters. The molecule has 116 heavy (non-hydrogen) atoms. The number of hydrogen-bond donors (Lipinski definition) is 0. The highest BCUT2D eigenvalue weighted by atomic mass is 15.1. The molecule has 0 aliphatic heterocycles. The Morgan fingerprint density at radius 1 is 0.216 bits per heavy atom. The number of hydrogen-bond acceptors (Lipinski definition) is 4. The molecular weight excluding hydrogens is 1410 g/mol. The first kappa shape index (κ1) is 66.7. The second-order valence-corrected chi connectivity index (χ2v) is 31.2. The zero-order valence-electron chi connectivity index (χ0n) is 63.8. The largest absolute Gasteiger partial charge is 0.310 e. The Morgan fingerprint density at radius 2 is 0.543 bits per heavy atom. The third-order valence-electron chi connectivity index (χ3n) is 24.5. The monoisotopic (exact) mass is 1480 g/mol. The smallest absolute Gasteiger partial charge is 0.164 e. The molecule has 0 radical (unpaired) electrons. The molecule has 0 fully saturated rings. The van der Waals surface area contributed by atoms with E-state index in [2.05, 4.69) is 368 Å². The highest BCUT2D eigenvalue weighted by molar-refractivity contribution is 6.34. The first-order chi connectivity index (χ1) is 57.3. The van der Waals surface area contributed by atoms with Crippen molar-refractivity contribution >= 4 is 82.2 Å². The first-order valence-corrected chi connectivity index (χ1v) is 40.0. The predicted molar refractivity (Wildman–Crippen MR) is 484 cm³/mol. The lowest BCUT2D eigenvalue weighted by Gasteiger charge is -2.28. The molecule has 0 atom stereocenters. The van der Waals surface area contributed by atoms with E-state index >= 15 is 0 Å². The maximum absolute atomic E-state index is 5.00. The SMILES string of the molecule is CC1(C)c2ccccc2-c2ccc(N(c3ccccc3)c3ccc(-c4ccc(-n5c6cccc7c6c6c8c(cccc8cc(-c8ccccc8)c65)-c5ccccc5-7)cc4)cc3)cc21.c1ccc(-c2nc(-c3ccccc3)nc(-c3ccc(-n4c5cccc6c5c5c7c(cccc7cc(-c7ccccc7)c54)-c4ccccc4-6)cc3)n2)cc1. The van der Waals surface area contributed by atoms with Gasteiger partial charge < -0.3 is 14.0 Å². The van der Waals surface area contributed by atoms with Gasteiger partial charge in [0.1, 0.15) is 0 Å². The van der Waals surface area contributed by atoms with Gasteiger partial charge in [0.05, 0.1) is 22.1 Å². The Kier molecular flexibility index (Phi) is 15.2. The molecule has 0 saturated heterocycles. The molecule has 0 saturated carbocycles. The van der Waals surface area contributed by atoms with E-state index in [1.807, 2.05) is 60.7 Å². The van der Waals surface area contributed by atoms with E-state index < -0.39 is 0 Å². The molecule has 6 nitrogen and oxygen atoms in total. The number of fused-ring (bicyclic) bond motifs is 9. The van der Waals surface area contributed by atoms with Crippen LogP contribution in [0.2, 0.25) is 0 Å². The maximum Gasteiger partial charge on any atom is 0.164 e. The summed E-state index contributed by atoms with van der Waals surface area (Å²) in [6.07, 6.45) is 0. The summed E-state index contributed by atoms with van der Waals surface area (Å²) in [6, 6.07) is 145. The van der Waals surface area contributed by atoms with Crippen LogP contribution >= 0.6 is 0 Å². The van der Waals surface area contributed by atoms with Crippen LogP contribution in [-0.4, -0.2) is 24.1 Å². The van der Waals surface area contributed by atoms with Crippen molar-refractivity contribution in [1.82, 2.24) is 24.1 Å². The fourth-order valence-corrected chi connectivity index (χ4v) is 19.2. The molecule has 0 bridgehead atoms. The van der Waals surface area contributed by atoms with Crippen LogP contribution in [-0.2, 0) is 5.41 Å². The van der Waals surface area contributed by atoms with Crippen molar-refractivity contribution in [3.8, 4) is 135 Å². The number of nitrogens with zero attached hydrogens (tertiary/aromatic N) is 6. The van der Waals surface area contributed by atoms with E-state index in [9.17, 15) is 0 Å². The highest BCUT2D eigenvalue weighted by Gasteiger charge is 2.37. The average Bonchev–Trinajstić information content (AvgIpc) is 1.54. The Bertz CT molecular complexity index is 7480. The van der Waals surface area contributed by atoms with Crippen LogP contribution in [0.5, 0.6) is 0 Å². The van der Waals surface area contributed by atoms with E-state index in [4.69, 9.17) is 15.0 Å². The van der Waals surface area contributed by atoms with Crippen LogP contribution in [0.4, 0.5) is 17.1 Å². The van der Waals surface area contributed by atoms with Gasteiger partial charge in [-0.2, -0.15) is 0 Å². The van der Waals surface area contributed by atoms with Crippen molar-refractivity contribution in [2.24, 2.45) is 0 Å². The molecule has 18 aromatic carbocycles. The molecule has 0 amide bonds. The molecule has 3 heterocycles. The molecule has 6 heteroatoms. The number of aromatic nitrogens is 5. The van der Waals surface area contributed by atoms with Gasteiger partial charge >= 0.3 is 0 Å². The predicted octanol–water partition coefficient (Wildman–Crippen LogP) is 29.1. The maximum atomic E-state index is 5.00. The van der Waals surface area contributed by atoms with Gasteiger partial charge in [0, 0.05) is 83.2 Å². The number of benzene rings is 18. The van der Waals surface area contributed by atoms with E-state index in [1.165, 1.54) is 165 Å². The van der Waals surface area contributed by atoms with E-state index in [0.29, 0.717) is 17.5 Å². The summed E-state index contributed by atoms with van der Waals surface area (Å²) in [5.74, 6) is 1.94. The first-order valence-electron chi connectivity index (χ1n) is 40.0. The van der Waals surface area contributed by atoms with Crippen molar-refractivity contribution in [2.45, 2.75) is 19.3 Å².